The molecule has 1 N–H and O–H groups in total. The molecule has 0 amide bonds. The Kier molecular flexibility index (Phi) is 3.17. The lowest BCUT2D eigenvalue weighted by Gasteiger charge is -1.89. The van der Waals surface area contributed by atoms with Gasteiger partial charge in [0, 0.05) is 10.8 Å². The number of hydrogen-bond donors (Lipinski definition) is 1. The third-order valence-electron chi connectivity index (χ3n) is 2.14. The van der Waals surface area contributed by atoms with Crippen molar-refractivity contribution in [3.05, 3.63) is 53.4 Å². The lowest BCUT2D eigenvalue weighted by molar-refractivity contribution is -0.131. The molecule has 0 bridgehead atoms. The van der Waals surface area contributed by atoms with Gasteiger partial charge in [0.1, 0.15) is 0 Å². The zero-order chi connectivity index (χ0) is 11.4. The molecule has 0 radical (unpaired) electrons. The molecule has 80 valence electrons. The van der Waals surface area contributed by atoms with Crippen LogP contribution in [0.5, 0.6) is 0 Å². The van der Waals surface area contributed by atoms with E-state index in [0.717, 1.165) is 11.6 Å². The quantitative estimate of drug-likeness (QED) is 0.646. The van der Waals surface area contributed by atoms with Crippen molar-refractivity contribution in [2.75, 3.05) is 0 Å². The van der Waals surface area contributed by atoms with Crippen molar-refractivity contribution in [1.29, 1.82) is 0 Å². The van der Waals surface area contributed by atoms with Gasteiger partial charge < -0.3 is 5.11 Å². The van der Waals surface area contributed by atoms with Crippen molar-refractivity contribution >= 4 is 33.5 Å². The van der Waals surface area contributed by atoms with Crippen LogP contribution in [-0.2, 0) is 4.79 Å². The van der Waals surface area contributed by atoms with Crippen molar-refractivity contribution in [3.63, 3.8) is 0 Å². The number of benzene rings is 1. The molecule has 3 heteroatoms. The Hall–Kier alpha value is -1.87. The van der Waals surface area contributed by atoms with Crippen LogP contribution in [0.15, 0.2) is 47.9 Å². The minimum atomic E-state index is -0.931. The maximum Gasteiger partial charge on any atom is 0.328 e. The van der Waals surface area contributed by atoms with E-state index < -0.39 is 5.97 Å². The zero-order valence-electron chi connectivity index (χ0n) is 8.46. The van der Waals surface area contributed by atoms with Gasteiger partial charge in [0.15, 0.2) is 0 Å². The molecule has 2 aromatic rings. The number of rotatable bonds is 3. The second kappa shape index (κ2) is 4.77. The zero-order valence-corrected chi connectivity index (χ0v) is 9.28. The number of hydrogen-bond acceptors (Lipinski definition) is 2. The summed E-state index contributed by atoms with van der Waals surface area (Å²) < 4.78 is 1.24. The first-order chi connectivity index (χ1) is 7.77. The van der Waals surface area contributed by atoms with Crippen LogP contribution in [0.25, 0.3) is 16.2 Å². The minimum Gasteiger partial charge on any atom is -0.478 e. The first-order valence-electron chi connectivity index (χ1n) is 4.81. The van der Waals surface area contributed by atoms with Gasteiger partial charge in [0.05, 0.1) is 0 Å². The largest absolute Gasteiger partial charge is 0.478 e. The molecule has 16 heavy (non-hydrogen) atoms. The number of carboxylic acid groups (broad SMARTS) is 1. The monoisotopic (exact) mass is 230 g/mol. The molecular weight excluding hydrogens is 220 g/mol. The number of thiophene rings is 1. The summed E-state index contributed by atoms with van der Waals surface area (Å²) in [6.07, 6.45) is 6.29. The molecule has 0 atom stereocenters. The van der Waals surface area contributed by atoms with Crippen LogP contribution in [-0.4, -0.2) is 11.1 Å². The highest BCUT2D eigenvalue weighted by Crippen LogP contribution is 2.26. The van der Waals surface area contributed by atoms with Crippen LogP contribution < -0.4 is 0 Å². The van der Waals surface area contributed by atoms with E-state index in [9.17, 15) is 4.79 Å². The Morgan fingerprint density at radius 3 is 2.88 bits per heavy atom. The Morgan fingerprint density at radius 2 is 2.06 bits per heavy atom. The van der Waals surface area contributed by atoms with E-state index in [0.29, 0.717) is 0 Å². The van der Waals surface area contributed by atoms with Crippen molar-refractivity contribution in [1.82, 2.24) is 0 Å². The third kappa shape index (κ3) is 2.38. The van der Waals surface area contributed by atoms with Crippen LogP contribution in [0.4, 0.5) is 0 Å². The standard InChI is InChI=1S/C13H10O2S/c14-13(15)8-4-1-5-10-9-16-12-7-3-2-6-11(10)12/h1-9H,(H,14,15)/b5-1+,8-4+. The lowest BCUT2D eigenvalue weighted by Crippen LogP contribution is -1.84. The fraction of sp³-hybridized carbons (Fsp3) is 0. The van der Waals surface area contributed by atoms with Gasteiger partial charge >= 0.3 is 5.97 Å². The van der Waals surface area contributed by atoms with Gasteiger partial charge in [-0.05, 0) is 22.4 Å². The van der Waals surface area contributed by atoms with Gasteiger partial charge in [-0.25, -0.2) is 4.79 Å². The summed E-state index contributed by atoms with van der Waals surface area (Å²) in [5.41, 5.74) is 1.12. The molecule has 0 saturated heterocycles. The van der Waals surface area contributed by atoms with Crippen LogP contribution in [0.3, 0.4) is 0 Å². The summed E-state index contributed by atoms with van der Waals surface area (Å²) in [6, 6.07) is 8.15. The molecule has 0 fully saturated rings. The van der Waals surface area contributed by atoms with E-state index >= 15 is 0 Å². The molecule has 1 heterocycles. The van der Waals surface area contributed by atoms with Gasteiger partial charge in [0.2, 0.25) is 0 Å². The van der Waals surface area contributed by atoms with Crippen molar-refractivity contribution in [2.45, 2.75) is 0 Å². The number of fused-ring (bicyclic) bond motifs is 1. The van der Waals surface area contributed by atoms with Crippen molar-refractivity contribution in [2.24, 2.45) is 0 Å². The number of allylic oxidation sites excluding steroid dienone is 2. The summed E-state index contributed by atoms with van der Waals surface area (Å²) in [6.45, 7) is 0. The average Bonchev–Trinajstić information content (AvgIpc) is 2.68. The van der Waals surface area contributed by atoms with Crippen LogP contribution in [0.2, 0.25) is 0 Å². The van der Waals surface area contributed by atoms with E-state index in [1.165, 1.54) is 16.2 Å². The maximum atomic E-state index is 10.3. The Balaban J connectivity index is 2.25. The first-order valence-corrected chi connectivity index (χ1v) is 5.69. The Morgan fingerprint density at radius 1 is 1.25 bits per heavy atom. The molecule has 1 aromatic heterocycles. The highest BCUT2D eigenvalue weighted by molar-refractivity contribution is 7.17. The molecular formula is C13H10O2S. The van der Waals surface area contributed by atoms with Gasteiger partial charge in [-0.3, -0.25) is 0 Å². The lowest BCUT2D eigenvalue weighted by atomic mass is 10.1. The van der Waals surface area contributed by atoms with E-state index in [1.807, 2.05) is 18.2 Å². The van der Waals surface area contributed by atoms with Gasteiger partial charge in [-0.2, -0.15) is 0 Å². The van der Waals surface area contributed by atoms with Crippen LogP contribution >= 0.6 is 11.3 Å². The molecule has 0 aliphatic heterocycles. The fourth-order valence-electron chi connectivity index (χ4n) is 1.42. The topological polar surface area (TPSA) is 37.3 Å². The van der Waals surface area contributed by atoms with Crippen molar-refractivity contribution in [3.8, 4) is 0 Å². The smallest absolute Gasteiger partial charge is 0.328 e. The summed E-state index contributed by atoms with van der Waals surface area (Å²) in [5.74, 6) is -0.931. The molecule has 0 aliphatic carbocycles. The fourth-order valence-corrected chi connectivity index (χ4v) is 2.35. The molecule has 0 unspecified atom stereocenters. The van der Waals surface area contributed by atoms with E-state index in [1.54, 1.807) is 17.4 Å². The van der Waals surface area contributed by atoms with Gasteiger partial charge in [-0.15, -0.1) is 11.3 Å². The van der Waals surface area contributed by atoms with Crippen molar-refractivity contribution < 1.29 is 9.90 Å². The highest BCUT2D eigenvalue weighted by atomic mass is 32.1. The van der Waals surface area contributed by atoms with Crippen LogP contribution in [0.1, 0.15) is 5.56 Å². The molecule has 1 aromatic carbocycles. The molecule has 0 saturated carbocycles. The normalized spacial score (nSPS) is 11.8. The average molecular weight is 230 g/mol. The molecule has 0 spiro atoms. The highest BCUT2D eigenvalue weighted by Gasteiger charge is 1.98. The third-order valence-corrected chi connectivity index (χ3v) is 3.12. The second-order valence-electron chi connectivity index (χ2n) is 3.24. The van der Waals surface area contributed by atoms with E-state index in [4.69, 9.17) is 5.11 Å². The maximum absolute atomic E-state index is 10.3. The number of carbonyl (C=O) groups is 1. The number of aliphatic carboxylic acids is 1. The second-order valence-corrected chi connectivity index (χ2v) is 4.15. The molecule has 0 aliphatic rings. The molecule has 2 rings (SSSR count). The Bertz CT molecular complexity index is 564. The predicted octanol–water partition coefficient (Wildman–Crippen LogP) is 3.56. The summed E-state index contributed by atoms with van der Waals surface area (Å²) in [5, 5.41) is 11.7. The SMILES string of the molecule is O=C(O)/C=C/C=C/c1csc2ccccc12. The summed E-state index contributed by atoms with van der Waals surface area (Å²) in [7, 11) is 0. The first kappa shape index (κ1) is 10.6. The minimum absolute atomic E-state index is 0.931. The van der Waals surface area contributed by atoms with Crippen LogP contribution in [0, 0.1) is 0 Å². The van der Waals surface area contributed by atoms with E-state index in [2.05, 4.69) is 17.5 Å². The number of carboxylic acids is 1. The Labute approximate surface area is 97.2 Å². The predicted molar refractivity (Wildman–Crippen MR) is 67.6 cm³/mol. The van der Waals surface area contributed by atoms with Gasteiger partial charge in [-0.1, -0.05) is 36.4 Å². The summed E-state index contributed by atoms with van der Waals surface area (Å²) in [4.78, 5) is 10.3. The van der Waals surface area contributed by atoms with Gasteiger partial charge in [0.25, 0.3) is 0 Å². The molecule has 2 nitrogen and oxygen atoms in total. The van der Waals surface area contributed by atoms with E-state index in [-0.39, 0.29) is 0 Å². The summed E-state index contributed by atoms with van der Waals surface area (Å²) >= 11 is 1.69.